The van der Waals surface area contributed by atoms with Crippen molar-refractivity contribution in [2.24, 2.45) is 5.41 Å². The van der Waals surface area contributed by atoms with Crippen LogP contribution in [0.1, 0.15) is 34.6 Å². The van der Waals surface area contributed by atoms with E-state index in [0.717, 1.165) is 0 Å². The van der Waals surface area contributed by atoms with Gasteiger partial charge in [-0.2, -0.15) is 0 Å². The first-order valence-electron chi connectivity index (χ1n) is 4.48. The Morgan fingerprint density at radius 1 is 1.00 bits per heavy atom. The minimum absolute atomic E-state index is 0.242. The molecule has 0 amide bonds. The molecule has 0 nitrogen and oxygen atoms in total. The molecule has 0 atom stereocenters. The van der Waals surface area contributed by atoms with Gasteiger partial charge in [0.2, 0.25) is 0 Å². The van der Waals surface area contributed by atoms with Crippen molar-refractivity contribution >= 4 is 0 Å². The Morgan fingerprint density at radius 3 is 1.92 bits per heavy atom. The molecule has 0 unspecified atom stereocenters. The van der Waals surface area contributed by atoms with E-state index < -0.39 is 0 Å². The Kier molecular flexibility index (Phi) is 4.65. The Balaban J connectivity index is 4.67. The molecule has 0 aliphatic heterocycles. The standard InChI is InChI=1S/C12H20/c1-6-8-10-11(9-7-2)12(3,4)5/h6-10H,1-5H3/b8-6-,9-7-,11-10+. The molecule has 0 N–H and O–H groups in total. The van der Waals surface area contributed by atoms with Crippen LogP contribution >= 0.6 is 0 Å². The normalized spacial score (nSPS) is 14.9. The van der Waals surface area contributed by atoms with Crippen LogP contribution in [0, 0.1) is 5.41 Å². The molecule has 0 radical (unpaired) electrons. The van der Waals surface area contributed by atoms with Crippen LogP contribution in [0.3, 0.4) is 0 Å². The van der Waals surface area contributed by atoms with Gasteiger partial charge in [-0.15, -0.1) is 0 Å². The van der Waals surface area contributed by atoms with Gasteiger partial charge >= 0.3 is 0 Å². The zero-order valence-electron chi connectivity index (χ0n) is 8.89. The topological polar surface area (TPSA) is 0 Å². The molecule has 0 aliphatic rings. The average Bonchev–Trinajstić information content (AvgIpc) is 1.95. The molecule has 0 aromatic rings. The van der Waals surface area contributed by atoms with Crippen LogP contribution in [0.15, 0.2) is 36.0 Å². The van der Waals surface area contributed by atoms with E-state index in [1.54, 1.807) is 0 Å². The van der Waals surface area contributed by atoms with Crippen molar-refractivity contribution in [3.05, 3.63) is 36.0 Å². The molecule has 0 heteroatoms. The maximum atomic E-state index is 2.22. The van der Waals surface area contributed by atoms with Gasteiger partial charge in [-0.1, -0.05) is 51.2 Å². The van der Waals surface area contributed by atoms with Gasteiger partial charge in [-0.3, -0.25) is 0 Å². The Hall–Kier alpha value is -0.780. The zero-order valence-corrected chi connectivity index (χ0v) is 8.89. The molecule has 0 fully saturated rings. The second kappa shape index (κ2) is 4.97. The van der Waals surface area contributed by atoms with Crippen LogP contribution in [0.4, 0.5) is 0 Å². The largest absolute Gasteiger partial charge is 0.0877 e. The highest BCUT2D eigenvalue weighted by molar-refractivity contribution is 5.28. The Morgan fingerprint density at radius 2 is 1.58 bits per heavy atom. The molecule has 0 saturated heterocycles. The summed E-state index contributed by atoms with van der Waals surface area (Å²) in [6, 6.07) is 0. The quantitative estimate of drug-likeness (QED) is 0.539. The van der Waals surface area contributed by atoms with E-state index in [1.165, 1.54) is 5.57 Å². The van der Waals surface area contributed by atoms with Crippen LogP contribution in [-0.4, -0.2) is 0 Å². The van der Waals surface area contributed by atoms with E-state index in [9.17, 15) is 0 Å². The van der Waals surface area contributed by atoms with Crippen molar-refractivity contribution in [2.45, 2.75) is 34.6 Å². The first-order chi connectivity index (χ1) is 5.52. The maximum absolute atomic E-state index is 2.22. The zero-order chi connectivity index (χ0) is 9.61. The van der Waals surface area contributed by atoms with Gasteiger partial charge < -0.3 is 0 Å². The molecular formula is C12H20. The molecule has 0 aromatic heterocycles. The van der Waals surface area contributed by atoms with E-state index in [0.29, 0.717) is 0 Å². The number of rotatable bonds is 2. The molecule has 0 aliphatic carbocycles. The summed E-state index contributed by atoms with van der Waals surface area (Å²) in [6.45, 7) is 10.8. The summed E-state index contributed by atoms with van der Waals surface area (Å²) in [5.74, 6) is 0. The van der Waals surface area contributed by atoms with E-state index in [1.807, 2.05) is 6.92 Å². The van der Waals surface area contributed by atoms with Crippen LogP contribution in [0.5, 0.6) is 0 Å². The van der Waals surface area contributed by atoms with Crippen molar-refractivity contribution < 1.29 is 0 Å². The SMILES string of the molecule is C\C=C/C=C(\C=C/C)C(C)(C)C. The number of allylic oxidation sites excluding steroid dienone is 6. The summed E-state index contributed by atoms with van der Waals surface area (Å²) in [7, 11) is 0. The molecule has 0 spiro atoms. The number of hydrogen-bond donors (Lipinski definition) is 0. The van der Waals surface area contributed by atoms with Crippen molar-refractivity contribution in [2.75, 3.05) is 0 Å². The second-order valence-corrected chi connectivity index (χ2v) is 3.90. The van der Waals surface area contributed by atoms with Crippen LogP contribution in [-0.2, 0) is 0 Å². The van der Waals surface area contributed by atoms with Crippen molar-refractivity contribution in [3.8, 4) is 0 Å². The first kappa shape index (κ1) is 11.2. The van der Waals surface area contributed by atoms with Gasteiger partial charge in [0, 0.05) is 0 Å². The maximum Gasteiger partial charge on any atom is -0.0132 e. The summed E-state index contributed by atoms with van der Waals surface area (Å²) in [4.78, 5) is 0. The van der Waals surface area contributed by atoms with Crippen LogP contribution in [0.25, 0.3) is 0 Å². The van der Waals surface area contributed by atoms with Gasteiger partial charge in [-0.05, 0) is 24.8 Å². The van der Waals surface area contributed by atoms with Crippen molar-refractivity contribution in [1.82, 2.24) is 0 Å². The Bertz CT molecular complexity index is 197. The minimum atomic E-state index is 0.242. The lowest BCUT2D eigenvalue weighted by atomic mass is 9.86. The van der Waals surface area contributed by atoms with Gasteiger partial charge in [0.1, 0.15) is 0 Å². The van der Waals surface area contributed by atoms with Gasteiger partial charge in [0.25, 0.3) is 0 Å². The van der Waals surface area contributed by atoms with Crippen molar-refractivity contribution in [1.29, 1.82) is 0 Å². The highest BCUT2D eigenvalue weighted by Crippen LogP contribution is 2.26. The summed E-state index contributed by atoms with van der Waals surface area (Å²) in [6.07, 6.45) is 10.6. The molecule has 0 aromatic carbocycles. The van der Waals surface area contributed by atoms with E-state index in [2.05, 4.69) is 58.1 Å². The lowest BCUT2D eigenvalue weighted by Crippen LogP contribution is -2.06. The third kappa shape index (κ3) is 4.17. The predicted molar refractivity (Wildman–Crippen MR) is 57.2 cm³/mol. The van der Waals surface area contributed by atoms with Gasteiger partial charge in [0.15, 0.2) is 0 Å². The monoisotopic (exact) mass is 164 g/mol. The molecule has 12 heavy (non-hydrogen) atoms. The molecule has 0 bridgehead atoms. The average molecular weight is 164 g/mol. The van der Waals surface area contributed by atoms with Gasteiger partial charge in [0.05, 0.1) is 0 Å². The fraction of sp³-hybridized carbons (Fsp3) is 0.500. The summed E-state index contributed by atoms with van der Waals surface area (Å²) in [5.41, 5.74) is 1.61. The summed E-state index contributed by atoms with van der Waals surface area (Å²) < 4.78 is 0. The molecular weight excluding hydrogens is 144 g/mol. The number of hydrogen-bond acceptors (Lipinski definition) is 0. The minimum Gasteiger partial charge on any atom is -0.0877 e. The van der Waals surface area contributed by atoms with Crippen LogP contribution in [0.2, 0.25) is 0 Å². The van der Waals surface area contributed by atoms with E-state index in [-0.39, 0.29) is 5.41 Å². The lowest BCUT2D eigenvalue weighted by Gasteiger charge is -2.19. The highest BCUT2D eigenvalue weighted by Gasteiger charge is 2.12. The van der Waals surface area contributed by atoms with E-state index in [4.69, 9.17) is 0 Å². The van der Waals surface area contributed by atoms with Gasteiger partial charge in [-0.25, -0.2) is 0 Å². The fourth-order valence-corrected chi connectivity index (χ4v) is 0.935. The fourth-order valence-electron chi connectivity index (χ4n) is 0.935. The van der Waals surface area contributed by atoms with Crippen LogP contribution < -0.4 is 0 Å². The summed E-state index contributed by atoms with van der Waals surface area (Å²) >= 11 is 0. The molecule has 0 rings (SSSR count). The lowest BCUT2D eigenvalue weighted by molar-refractivity contribution is 0.517. The molecule has 0 saturated carbocycles. The smallest absolute Gasteiger partial charge is 0.0132 e. The molecule has 0 heterocycles. The van der Waals surface area contributed by atoms with E-state index >= 15 is 0 Å². The first-order valence-corrected chi connectivity index (χ1v) is 4.48. The third-order valence-electron chi connectivity index (χ3n) is 1.68. The van der Waals surface area contributed by atoms with Crippen molar-refractivity contribution in [3.63, 3.8) is 0 Å². The molecule has 68 valence electrons. The highest BCUT2D eigenvalue weighted by atomic mass is 14.2. The Labute approximate surface area is 76.7 Å². The third-order valence-corrected chi connectivity index (χ3v) is 1.68. The summed E-state index contributed by atoms with van der Waals surface area (Å²) in [5, 5.41) is 0. The second-order valence-electron chi connectivity index (χ2n) is 3.90. The predicted octanol–water partition coefficient (Wildman–Crippen LogP) is 4.11.